The maximum Gasteiger partial charge on any atom is 0.303 e. The van der Waals surface area contributed by atoms with Crippen molar-refractivity contribution in [3.8, 4) is 0 Å². The zero-order valence-electron chi connectivity index (χ0n) is 17.1. The van der Waals surface area contributed by atoms with Gasteiger partial charge in [-0.25, -0.2) is 0 Å². The minimum absolute atomic E-state index is 0.118. The number of benzene rings is 3. The molecule has 1 amide bonds. The second-order valence-corrected chi connectivity index (χ2v) is 8.09. The Morgan fingerprint density at radius 3 is 2.47 bits per heavy atom. The Kier molecular flexibility index (Phi) is 6.12. The molecule has 0 aliphatic carbocycles. The van der Waals surface area contributed by atoms with Crippen LogP contribution in [-0.4, -0.2) is 35.0 Å². The van der Waals surface area contributed by atoms with Crippen molar-refractivity contribution >= 4 is 22.6 Å². The van der Waals surface area contributed by atoms with Gasteiger partial charge in [-0.15, -0.1) is 0 Å². The lowest BCUT2D eigenvalue weighted by Gasteiger charge is -2.32. The molecule has 30 heavy (non-hydrogen) atoms. The molecule has 4 rings (SSSR count). The number of nitrogens with zero attached hydrogens (tertiary/aromatic N) is 1. The SMILES string of the molecule is O=C(O)CCCc1cccc(C2CCN(C(=O)c3cccc4ccccc34)CC2)c1. The quantitative estimate of drug-likeness (QED) is 0.612. The van der Waals surface area contributed by atoms with E-state index < -0.39 is 5.97 Å². The maximum absolute atomic E-state index is 13.2. The fourth-order valence-corrected chi connectivity index (χ4v) is 4.44. The molecule has 1 aliphatic rings. The molecule has 0 bridgehead atoms. The van der Waals surface area contributed by atoms with Crippen molar-refractivity contribution in [3.63, 3.8) is 0 Å². The van der Waals surface area contributed by atoms with Crippen molar-refractivity contribution in [2.45, 2.75) is 38.0 Å². The van der Waals surface area contributed by atoms with Gasteiger partial charge < -0.3 is 10.0 Å². The Morgan fingerprint density at radius 1 is 0.933 bits per heavy atom. The molecule has 3 aromatic carbocycles. The predicted molar refractivity (Wildman–Crippen MR) is 119 cm³/mol. The summed E-state index contributed by atoms with van der Waals surface area (Å²) in [5.41, 5.74) is 3.29. The summed E-state index contributed by atoms with van der Waals surface area (Å²) in [6.07, 6.45) is 3.57. The highest BCUT2D eigenvalue weighted by Crippen LogP contribution is 2.30. The first kappa shape index (κ1) is 20.1. The van der Waals surface area contributed by atoms with Gasteiger partial charge in [0.15, 0.2) is 0 Å². The third-order valence-electron chi connectivity index (χ3n) is 6.08. The third-order valence-corrected chi connectivity index (χ3v) is 6.08. The molecule has 1 saturated heterocycles. The summed E-state index contributed by atoms with van der Waals surface area (Å²) in [6, 6.07) is 22.5. The molecular formula is C26H27NO3. The Balaban J connectivity index is 1.40. The summed E-state index contributed by atoms with van der Waals surface area (Å²) < 4.78 is 0. The molecule has 1 fully saturated rings. The number of carboxylic acid groups (broad SMARTS) is 1. The van der Waals surface area contributed by atoms with Gasteiger partial charge in [0.1, 0.15) is 0 Å². The van der Waals surface area contributed by atoms with E-state index in [0.717, 1.165) is 48.7 Å². The monoisotopic (exact) mass is 401 g/mol. The first-order valence-electron chi connectivity index (χ1n) is 10.7. The number of hydrogen-bond donors (Lipinski definition) is 1. The second kappa shape index (κ2) is 9.12. The van der Waals surface area contributed by atoms with E-state index >= 15 is 0 Å². The van der Waals surface area contributed by atoms with Crippen LogP contribution in [0.5, 0.6) is 0 Å². The number of carboxylic acids is 1. The van der Waals surface area contributed by atoms with E-state index in [1.807, 2.05) is 47.4 Å². The molecule has 0 atom stereocenters. The van der Waals surface area contributed by atoms with Crippen molar-refractivity contribution in [1.82, 2.24) is 4.90 Å². The second-order valence-electron chi connectivity index (χ2n) is 8.09. The van der Waals surface area contributed by atoms with E-state index in [4.69, 9.17) is 5.11 Å². The Labute approximate surface area is 177 Å². The number of likely N-dealkylation sites (tertiary alicyclic amines) is 1. The van der Waals surface area contributed by atoms with E-state index in [2.05, 4.69) is 24.3 Å². The lowest BCUT2D eigenvalue weighted by molar-refractivity contribution is -0.137. The zero-order valence-corrected chi connectivity index (χ0v) is 17.1. The van der Waals surface area contributed by atoms with E-state index in [-0.39, 0.29) is 12.3 Å². The molecule has 154 valence electrons. The molecule has 0 unspecified atom stereocenters. The molecule has 1 N–H and O–H groups in total. The van der Waals surface area contributed by atoms with E-state index in [1.54, 1.807) is 0 Å². The van der Waals surface area contributed by atoms with Crippen molar-refractivity contribution in [3.05, 3.63) is 83.4 Å². The van der Waals surface area contributed by atoms with Gasteiger partial charge in [0, 0.05) is 25.1 Å². The van der Waals surface area contributed by atoms with Crippen molar-refractivity contribution in [1.29, 1.82) is 0 Å². The standard InChI is InChI=1S/C26H27NO3/c28-25(29)13-4-7-19-6-3-10-22(18-19)20-14-16-27(17-15-20)26(30)24-12-5-9-21-8-1-2-11-23(21)24/h1-3,5-6,8-12,18,20H,4,7,13-17H2,(H,28,29). The summed E-state index contributed by atoms with van der Waals surface area (Å²) in [6.45, 7) is 1.52. The summed E-state index contributed by atoms with van der Waals surface area (Å²) in [5.74, 6) is -0.178. The van der Waals surface area contributed by atoms with Gasteiger partial charge in [0.2, 0.25) is 0 Å². The largest absolute Gasteiger partial charge is 0.481 e. The molecule has 0 saturated carbocycles. The van der Waals surface area contributed by atoms with Crippen molar-refractivity contribution in [2.24, 2.45) is 0 Å². The van der Waals surface area contributed by atoms with Gasteiger partial charge in [0.05, 0.1) is 0 Å². The third kappa shape index (κ3) is 4.54. The van der Waals surface area contributed by atoms with Crippen molar-refractivity contribution < 1.29 is 14.7 Å². The number of rotatable bonds is 6. The van der Waals surface area contributed by atoms with Crippen LogP contribution in [0.1, 0.15) is 53.1 Å². The van der Waals surface area contributed by atoms with Crippen LogP contribution >= 0.6 is 0 Å². The summed E-state index contributed by atoms with van der Waals surface area (Å²) in [7, 11) is 0. The normalized spacial score (nSPS) is 14.7. The van der Waals surface area contributed by atoms with Gasteiger partial charge in [-0.2, -0.15) is 0 Å². The molecule has 4 heteroatoms. The van der Waals surface area contributed by atoms with Crippen LogP contribution in [0, 0.1) is 0 Å². The average molecular weight is 402 g/mol. The molecular weight excluding hydrogens is 374 g/mol. The number of aryl methyl sites for hydroxylation is 1. The van der Waals surface area contributed by atoms with Gasteiger partial charge in [-0.1, -0.05) is 60.7 Å². The topological polar surface area (TPSA) is 57.6 Å². The van der Waals surface area contributed by atoms with Crippen LogP contribution in [0.2, 0.25) is 0 Å². The molecule has 4 nitrogen and oxygen atoms in total. The van der Waals surface area contributed by atoms with E-state index in [9.17, 15) is 9.59 Å². The molecule has 0 aromatic heterocycles. The summed E-state index contributed by atoms with van der Waals surface area (Å²) in [5, 5.41) is 10.9. The lowest BCUT2D eigenvalue weighted by atomic mass is 9.87. The Morgan fingerprint density at radius 2 is 1.67 bits per heavy atom. The van der Waals surface area contributed by atoms with Crippen LogP contribution in [0.25, 0.3) is 10.8 Å². The van der Waals surface area contributed by atoms with Crippen molar-refractivity contribution in [2.75, 3.05) is 13.1 Å². The first-order valence-corrected chi connectivity index (χ1v) is 10.7. The van der Waals surface area contributed by atoms with Gasteiger partial charge >= 0.3 is 5.97 Å². The van der Waals surface area contributed by atoms with E-state index in [1.165, 1.54) is 11.1 Å². The zero-order chi connectivity index (χ0) is 20.9. The highest BCUT2D eigenvalue weighted by molar-refractivity contribution is 6.07. The number of amides is 1. The minimum atomic E-state index is -0.741. The molecule has 0 radical (unpaired) electrons. The van der Waals surface area contributed by atoms with Gasteiger partial charge in [-0.3, -0.25) is 9.59 Å². The predicted octanol–water partition coefficient (Wildman–Crippen LogP) is 5.27. The van der Waals surface area contributed by atoms with Crippen LogP contribution < -0.4 is 0 Å². The molecule has 3 aromatic rings. The lowest BCUT2D eigenvalue weighted by Crippen LogP contribution is -2.38. The number of carbonyl (C=O) groups excluding carboxylic acids is 1. The number of hydrogen-bond acceptors (Lipinski definition) is 2. The molecule has 1 heterocycles. The highest BCUT2D eigenvalue weighted by atomic mass is 16.4. The van der Waals surface area contributed by atoms with Gasteiger partial charge in [-0.05, 0) is 59.6 Å². The van der Waals surface area contributed by atoms with Crippen LogP contribution in [0.15, 0.2) is 66.7 Å². The highest BCUT2D eigenvalue weighted by Gasteiger charge is 2.25. The minimum Gasteiger partial charge on any atom is -0.481 e. The maximum atomic E-state index is 13.2. The summed E-state index contributed by atoms with van der Waals surface area (Å²) in [4.78, 5) is 25.9. The van der Waals surface area contributed by atoms with Gasteiger partial charge in [0.25, 0.3) is 5.91 Å². The average Bonchev–Trinajstić information content (AvgIpc) is 2.78. The molecule has 1 aliphatic heterocycles. The van der Waals surface area contributed by atoms with E-state index in [0.29, 0.717) is 12.3 Å². The number of piperidine rings is 1. The smallest absolute Gasteiger partial charge is 0.303 e. The Bertz CT molecular complexity index is 1050. The summed E-state index contributed by atoms with van der Waals surface area (Å²) >= 11 is 0. The first-order chi connectivity index (χ1) is 14.6. The van der Waals surface area contributed by atoms with Crippen LogP contribution in [0.4, 0.5) is 0 Å². The van der Waals surface area contributed by atoms with Crippen LogP contribution in [0.3, 0.4) is 0 Å². The number of aliphatic carboxylic acids is 1. The Hall–Kier alpha value is -3.14. The number of carbonyl (C=O) groups is 2. The number of fused-ring (bicyclic) bond motifs is 1. The fraction of sp³-hybridized carbons (Fsp3) is 0.308. The fourth-order valence-electron chi connectivity index (χ4n) is 4.44. The molecule has 0 spiro atoms. The van der Waals surface area contributed by atoms with Crippen LogP contribution in [-0.2, 0) is 11.2 Å².